The number of anilines is 1. The van der Waals surface area contributed by atoms with E-state index in [1.54, 1.807) is 37.0 Å². The number of rotatable bonds is 4. The Labute approximate surface area is 176 Å². The molecule has 30 heavy (non-hydrogen) atoms. The highest BCUT2D eigenvalue weighted by atomic mass is 32.2. The molecule has 2 aromatic heterocycles. The van der Waals surface area contributed by atoms with Gasteiger partial charge in [0.15, 0.2) is 5.03 Å². The van der Waals surface area contributed by atoms with Crippen molar-refractivity contribution < 1.29 is 13.2 Å². The molecule has 0 N–H and O–H groups in total. The second-order valence-corrected chi connectivity index (χ2v) is 9.66. The van der Waals surface area contributed by atoms with Gasteiger partial charge in [-0.2, -0.15) is 4.31 Å². The zero-order valence-corrected chi connectivity index (χ0v) is 18.1. The summed E-state index contributed by atoms with van der Waals surface area (Å²) in [4.78, 5) is 29.6. The predicted molar refractivity (Wildman–Crippen MR) is 110 cm³/mol. The number of imidazole rings is 1. The van der Waals surface area contributed by atoms with Crippen LogP contribution < -0.4 is 4.90 Å². The normalized spacial score (nSPS) is 19.3. The number of piperidine rings is 1. The maximum Gasteiger partial charge on any atom is 0.262 e. The minimum Gasteiger partial charge on any atom is -0.339 e. The minimum absolute atomic E-state index is 0.0755. The molecule has 2 aliphatic rings. The van der Waals surface area contributed by atoms with Crippen molar-refractivity contribution in [3.63, 3.8) is 0 Å². The first-order valence-corrected chi connectivity index (χ1v) is 11.6. The lowest BCUT2D eigenvalue weighted by Crippen LogP contribution is -2.52. The molecular formula is C19H27N7O3S. The third kappa shape index (κ3) is 4.04. The van der Waals surface area contributed by atoms with Crippen molar-refractivity contribution in [2.45, 2.75) is 24.8 Å². The van der Waals surface area contributed by atoms with E-state index in [1.165, 1.54) is 10.5 Å². The Morgan fingerprint density at radius 1 is 1.03 bits per heavy atom. The molecule has 2 saturated heterocycles. The van der Waals surface area contributed by atoms with Crippen molar-refractivity contribution >= 4 is 21.9 Å². The fourth-order valence-electron chi connectivity index (χ4n) is 3.97. The van der Waals surface area contributed by atoms with Gasteiger partial charge < -0.3 is 14.4 Å². The molecule has 2 aliphatic heterocycles. The third-order valence-corrected chi connectivity index (χ3v) is 7.69. The Bertz CT molecular complexity index is 973. The van der Waals surface area contributed by atoms with E-state index < -0.39 is 10.0 Å². The average molecular weight is 434 g/mol. The summed E-state index contributed by atoms with van der Waals surface area (Å²) < 4.78 is 28.8. The van der Waals surface area contributed by atoms with Gasteiger partial charge in [-0.05, 0) is 25.8 Å². The number of carbonyl (C=O) groups is 1. The Hall–Kier alpha value is -2.53. The molecule has 4 heterocycles. The van der Waals surface area contributed by atoms with Gasteiger partial charge in [0.1, 0.15) is 5.82 Å². The zero-order valence-electron chi connectivity index (χ0n) is 17.3. The number of nitrogens with zero attached hydrogens (tertiary/aromatic N) is 7. The summed E-state index contributed by atoms with van der Waals surface area (Å²) in [6, 6.07) is 1.78. The highest BCUT2D eigenvalue weighted by molar-refractivity contribution is 7.89. The average Bonchev–Trinajstić information content (AvgIpc) is 3.13. The van der Waals surface area contributed by atoms with Gasteiger partial charge in [-0.15, -0.1) is 0 Å². The molecule has 0 aromatic carbocycles. The van der Waals surface area contributed by atoms with Gasteiger partial charge in [0.2, 0.25) is 11.9 Å². The lowest BCUT2D eigenvalue weighted by molar-refractivity contribution is -0.137. The quantitative estimate of drug-likeness (QED) is 0.681. The van der Waals surface area contributed by atoms with E-state index in [2.05, 4.69) is 19.9 Å². The van der Waals surface area contributed by atoms with Crippen LogP contribution in [-0.2, 0) is 21.9 Å². The molecule has 0 unspecified atom stereocenters. The molecule has 0 spiro atoms. The van der Waals surface area contributed by atoms with Crippen LogP contribution >= 0.6 is 0 Å². The van der Waals surface area contributed by atoms with Crippen LogP contribution in [0.4, 0.5) is 5.95 Å². The van der Waals surface area contributed by atoms with Gasteiger partial charge in [-0.25, -0.2) is 23.4 Å². The highest BCUT2D eigenvalue weighted by Gasteiger charge is 2.35. The van der Waals surface area contributed by atoms with E-state index in [-0.39, 0.29) is 16.9 Å². The Morgan fingerprint density at radius 2 is 1.67 bits per heavy atom. The molecule has 2 aromatic rings. The van der Waals surface area contributed by atoms with Crippen molar-refractivity contribution in [1.82, 2.24) is 28.7 Å². The van der Waals surface area contributed by atoms with Gasteiger partial charge in [0.05, 0.1) is 0 Å². The van der Waals surface area contributed by atoms with Gasteiger partial charge in [-0.1, -0.05) is 0 Å². The van der Waals surface area contributed by atoms with Crippen molar-refractivity contribution in [1.29, 1.82) is 0 Å². The summed E-state index contributed by atoms with van der Waals surface area (Å²) >= 11 is 0. The summed E-state index contributed by atoms with van der Waals surface area (Å²) in [6.07, 6.45) is 6.04. The number of hydrogen-bond donors (Lipinski definition) is 0. The highest BCUT2D eigenvalue weighted by Crippen LogP contribution is 2.25. The van der Waals surface area contributed by atoms with Crippen LogP contribution in [-0.4, -0.2) is 82.3 Å². The van der Waals surface area contributed by atoms with E-state index in [9.17, 15) is 13.2 Å². The minimum atomic E-state index is -3.62. The largest absolute Gasteiger partial charge is 0.339 e. The summed E-state index contributed by atoms with van der Waals surface area (Å²) in [5, 5.41) is 0.0755. The number of hydrogen-bond acceptors (Lipinski definition) is 7. The van der Waals surface area contributed by atoms with E-state index in [4.69, 9.17) is 0 Å². The Morgan fingerprint density at radius 3 is 2.23 bits per heavy atom. The molecule has 0 atom stereocenters. The first-order valence-electron chi connectivity index (χ1n) is 10.2. The maximum atomic E-state index is 13.0. The van der Waals surface area contributed by atoms with E-state index in [1.807, 2.05) is 4.90 Å². The molecule has 2 fully saturated rings. The molecule has 1 amide bonds. The smallest absolute Gasteiger partial charge is 0.262 e. The molecule has 0 saturated carbocycles. The Balaban J connectivity index is 1.31. The lowest BCUT2D eigenvalue weighted by atomic mass is 9.96. The van der Waals surface area contributed by atoms with E-state index in [0.29, 0.717) is 63.9 Å². The fraction of sp³-hybridized carbons (Fsp3) is 0.579. The van der Waals surface area contributed by atoms with Crippen LogP contribution in [0.15, 0.2) is 29.7 Å². The fourth-order valence-corrected chi connectivity index (χ4v) is 5.46. The van der Waals surface area contributed by atoms with Crippen LogP contribution in [0.2, 0.25) is 0 Å². The maximum absolute atomic E-state index is 13.0. The number of sulfonamides is 1. The second kappa shape index (κ2) is 8.31. The molecule has 162 valence electrons. The number of piperazine rings is 1. The summed E-state index contributed by atoms with van der Waals surface area (Å²) in [6.45, 7) is 5.10. The number of aryl methyl sites for hydroxylation is 2. The van der Waals surface area contributed by atoms with Gasteiger partial charge in [-0.3, -0.25) is 4.79 Å². The summed E-state index contributed by atoms with van der Waals surface area (Å²) in [5.74, 6) is 1.32. The van der Waals surface area contributed by atoms with Crippen LogP contribution in [0.25, 0.3) is 0 Å². The van der Waals surface area contributed by atoms with Crippen LogP contribution in [0.5, 0.6) is 0 Å². The second-order valence-electron chi connectivity index (χ2n) is 7.78. The lowest BCUT2D eigenvalue weighted by Gasteiger charge is -2.38. The first-order chi connectivity index (χ1) is 14.4. The van der Waals surface area contributed by atoms with Crippen molar-refractivity contribution in [3.8, 4) is 0 Å². The zero-order chi connectivity index (χ0) is 21.3. The summed E-state index contributed by atoms with van der Waals surface area (Å²) in [5.41, 5.74) is 0. The Kier molecular flexibility index (Phi) is 5.74. The van der Waals surface area contributed by atoms with Crippen LogP contribution in [0, 0.1) is 12.8 Å². The van der Waals surface area contributed by atoms with Crippen molar-refractivity contribution in [2.75, 3.05) is 44.2 Å². The molecule has 0 radical (unpaired) electrons. The van der Waals surface area contributed by atoms with Gasteiger partial charge >= 0.3 is 0 Å². The molecule has 4 rings (SSSR count). The summed E-state index contributed by atoms with van der Waals surface area (Å²) in [7, 11) is -1.85. The van der Waals surface area contributed by atoms with Crippen molar-refractivity contribution in [3.05, 3.63) is 30.5 Å². The monoisotopic (exact) mass is 433 g/mol. The standard InChI is InChI=1S/C19H27N7O3S/c1-15-22-17(14-23(15)2)30(28,29)26-8-4-16(5-9-26)18(27)24-10-12-25(13-11-24)19-20-6-3-7-21-19/h3,6-7,14,16H,4-5,8-13H2,1-2H3. The molecular weight excluding hydrogens is 406 g/mol. The SMILES string of the molecule is Cc1nc(S(=O)(=O)N2CCC(C(=O)N3CCN(c4ncccn4)CC3)CC2)cn1C. The van der Waals surface area contributed by atoms with Gasteiger partial charge in [0.25, 0.3) is 10.0 Å². The molecule has 11 heteroatoms. The van der Waals surface area contributed by atoms with Gasteiger partial charge in [0, 0.05) is 70.8 Å². The predicted octanol–water partition coefficient (Wildman–Crippen LogP) is 0.268. The number of carbonyl (C=O) groups excluding carboxylic acids is 1. The van der Waals surface area contributed by atoms with Crippen LogP contribution in [0.3, 0.4) is 0 Å². The van der Waals surface area contributed by atoms with Crippen LogP contribution in [0.1, 0.15) is 18.7 Å². The number of aromatic nitrogens is 4. The third-order valence-electron chi connectivity index (χ3n) is 5.92. The number of amides is 1. The topological polar surface area (TPSA) is 105 Å². The first kappa shape index (κ1) is 20.7. The molecule has 0 aliphatic carbocycles. The van der Waals surface area contributed by atoms with E-state index in [0.717, 1.165) is 0 Å². The van der Waals surface area contributed by atoms with E-state index >= 15 is 0 Å². The molecule has 10 nitrogen and oxygen atoms in total. The van der Waals surface area contributed by atoms with Crippen molar-refractivity contribution in [2.24, 2.45) is 13.0 Å². The molecule has 0 bridgehead atoms.